The molecule has 0 bridgehead atoms. The number of carbonyl (C=O) groups is 1. The highest BCUT2D eigenvalue weighted by Crippen LogP contribution is 2.30. The van der Waals surface area contributed by atoms with E-state index in [9.17, 15) is 22.4 Å². The van der Waals surface area contributed by atoms with Crippen molar-refractivity contribution in [1.82, 2.24) is 9.80 Å². The van der Waals surface area contributed by atoms with E-state index in [4.69, 9.17) is 0 Å². The van der Waals surface area contributed by atoms with Gasteiger partial charge in [-0.3, -0.25) is 0 Å². The number of urea groups is 1. The number of halogens is 4. The lowest BCUT2D eigenvalue weighted by atomic mass is 10.1. The largest absolute Gasteiger partial charge is 0.324 e. The lowest BCUT2D eigenvalue weighted by Gasteiger charge is -2.38. The minimum Gasteiger partial charge on any atom is -0.324 e. The first-order valence-corrected chi connectivity index (χ1v) is 6.09. The maximum atomic E-state index is 12.9. The molecule has 0 aromatic heterocycles. The van der Waals surface area contributed by atoms with Crippen LogP contribution in [0.25, 0.3) is 0 Å². The van der Waals surface area contributed by atoms with Crippen LogP contribution in [0.1, 0.15) is 25.7 Å². The molecular weight excluding hydrogens is 252 g/mol. The minimum atomic E-state index is -2.70. The van der Waals surface area contributed by atoms with Crippen LogP contribution < -0.4 is 0 Å². The molecular formula is C11H16F4N2O. The summed E-state index contributed by atoms with van der Waals surface area (Å²) in [5.74, 6) is -5.41. The van der Waals surface area contributed by atoms with Gasteiger partial charge in [0.05, 0.1) is 0 Å². The second-order valence-corrected chi connectivity index (χ2v) is 4.97. The zero-order chi connectivity index (χ0) is 13.4. The highest BCUT2D eigenvalue weighted by molar-refractivity contribution is 5.74. The van der Waals surface area contributed by atoms with Gasteiger partial charge >= 0.3 is 6.03 Å². The number of piperidine rings is 2. The van der Waals surface area contributed by atoms with Crippen molar-refractivity contribution >= 4 is 6.03 Å². The average molecular weight is 268 g/mol. The molecule has 0 atom stereocenters. The Morgan fingerprint density at radius 3 is 1.28 bits per heavy atom. The van der Waals surface area contributed by atoms with Crippen molar-refractivity contribution < 1.29 is 22.4 Å². The first-order chi connectivity index (χ1) is 8.29. The predicted molar refractivity (Wildman–Crippen MR) is 56.9 cm³/mol. The van der Waals surface area contributed by atoms with Gasteiger partial charge in [-0.1, -0.05) is 0 Å². The van der Waals surface area contributed by atoms with Crippen LogP contribution in [-0.4, -0.2) is 53.9 Å². The van der Waals surface area contributed by atoms with Gasteiger partial charge in [0, 0.05) is 51.9 Å². The van der Waals surface area contributed by atoms with Crippen LogP contribution in [0.3, 0.4) is 0 Å². The monoisotopic (exact) mass is 268 g/mol. The van der Waals surface area contributed by atoms with Crippen LogP contribution >= 0.6 is 0 Å². The molecule has 0 saturated carbocycles. The van der Waals surface area contributed by atoms with Crippen molar-refractivity contribution in [2.24, 2.45) is 0 Å². The topological polar surface area (TPSA) is 23.6 Å². The van der Waals surface area contributed by atoms with Gasteiger partial charge in [0.25, 0.3) is 11.8 Å². The zero-order valence-corrected chi connectivity index (χ0v) is 9.97. The fourth-order valence-corrected chi connectivity index (χ4v) is 2.25. The Hall–Kier alpha value is -1.01. The molecule has 7 heteroatoms. The quantitative estimate of drug-likeness (QED) is 0.619. The van der Waals surface area contributed by atoms with E-state index in [0.29, 0.717) is 0 Å². The first-order valence-electron chi connectivity index (χ1n) is 6.09. The lowest BCUT2D eigenvalue weighted by molar-refractivity contribution is -0.0602. The van der Waals surface area contributed by atoms with E-state index < -0.39 is 11.8 Å². The Morgan fingerprint density at radius 1 is 0.722 bits per heavy atom. The van der Waals surface area contributed by atoms with Crippen molar-refractivity contribution in [3.05, 3.63) is 0 Å². The highest BCUT2D eigenvalue weighted by Gasteiger charge is 2.40. The van der Waals surface area contributed by atoms with Gasteiger partial charge in [-0.2, -0.15) is 0 Å². The van der Waals surface area contributed by atoms with E-state index >= 15 is 0 Å². The van der Waals surface area contributed by atoms with E-state index in [2.05, 4.69) is 0 Å². The maximum absolute atomic E-state index is 12.9. The number of likely N-dealkylation sites (tertiary alicyclic amines) is 2. The number of amides is 2. The molecule has 2 aliphatic rings. The first kappa shape index (κ1) is 13.4. The van der Waals surface area contributed by atoms with Gasteiger partial charge in [0.2, 0.25) is 0 Å². The summed E-state index contributed by atoms with van der Waals surface area (Å²) in [4.78, 5) is 14.6. The van der Waals surface area contributed by atoms with Gasteiger partial charge in [0.15, 0.2) is 0 Å². The normalized spacial score (nSPS) is 27.1. The van der Waals surface area contributed by atoms with E-state index in [0.717, 1.165) is 0 Å². The maximum Gasteiger partial charge on any atom is 0.320 e. The molecule has 2 fully saturated rings. The molecule has 0 N–H and O–H groups in total. The SMILES string of the molecule is O=C(N1CCC(F)(F)CC1)N1CCC(F)(F)CC1. The number of alkyl halides is 4. The smallest absolute Gasteiger partial charge is 0.320 e. The van der Waals surface area contributed by atoms with Crippen LogP contribution in [0.2, 0.25) is 0 Å². The van der Waals surface area contributed by atoms with Crippen molar-refractivity contribution in [2.45, 2.75) is 37.5 Å². The van der Waals surface area contributed by atoms with Gasteiger partial charge < -0.3 is 9.80 Å². The van der Waals surface area contributed by atoms with Crippen LogP contribution in [-0.2, 0) is 0 Å². The third-order valence-corrected chi connectivity index (χ3v) is 3.53. The van der Waals surface area contributed by atoms with Crippen molar-refractivity contribution in [1.29, 1.82) is 0 Å². The van der Waals surface area contributed by atoms with Gasteiger partial charge in [-0.15, -0.1) is 0 Å². The summed E-state index contributed by atoms with van der Waals surface area (Å²) in [5.41, 5.74) is 0. The van der Waals surface area contributed by atoms with E-state index in [-0.39, 0.29) is 57.9 Å². The third-order valence-electron chi connectivity index (χ3n) is 3.53. The van der Waals surface area contributed by atoms with Gasteiger partial charge in [-0.05, 0) is 0 Å². The summed E-state index contributed by atoms with van der Waals surface area (Å²) in [7, 11) is 0. The van der Waals surface area contributed by atoms with Gasteiger partial charge in [0.1, 0.15) is 0 Å². The number of carbonyl (C=O) groups excluding carboxylic acids is 1. The van der Waals surface area contributed by atoms with Crippen molar-refractivity contribution in [3.63, 3.8) is 0 Å². The third kappa shape index (κ3) is 3.05. The number of nitrogens with zero attached hydrogens (tertiary/aromatic N) is 2. The standard InChI is InChI=1S/C11H16F4N2O/c12-10(13)1-5-16(6-2-10)9(18)17-7-3-11(14,15)4-8-17/h1-8H2. The number of hydrogen-bond donors (Lipinski definition) is 0. The molecule has 2 heterocycles. The summed E-state index contributed by atoms with van der Waals surface area (Å²) >= 11 is 0. The van der Waals surface area contributed by atoms with E-state index in [1.54, 1.807) is 0 Å². The molecule has 2 rings (SSSR count). The summed E-state index contributed by atoms with van der Waals surface area (Å²) in [6, 6.07) is -0.388. The fourth-order valence-electron chi connectivity index (χ4n) is 2.25. The molecule has 0 radical (unpaired) electrons. The van der Waals surface area contributed by atoms with Gasteiger partial charge in [-0.25, -0.2) is 22.4 Å². The molecule has 0 aromatic rings. The van der Waals surface area contributed by atoms with Crippen LogP contribution in [0.15, 0.2) is 0 Å². The zero-order valence-electron chi connectivity index (χ0n) is 9.97. The second-order valence-electron chi connectivity index (χ2n) is 4.97. The minimum absolute atomic E-state index is 0.00126. The summed E-state index contributed by atoms with van der Waals surface area (Å²) in [6.45, 7) is -0.00505. The molecule has 104 valence electrons. The molecule has 3 nitrogen and oxygen atoms in total. The second kappa shape index (κ2) is 4.59. The highest BCUT2D eigenvalue weighted by atomic mass is 19.3. The van der Waals surface area contributed by atoms with Crippen molar-refractivity contribution in [2.75, 3.05) is 26.2 Å². The van der Waals surface area contributed by atoms with Crippen molar-refractivity contribution in [3.8, 4) is 0 Å². The molecule has 2 aliphatic heterocycles. The van der Waals surface area contributed by atoms with Crippen LogP contribution in [0.4, 0.5) is 22.4 Å². The van der Waals surface area contributed by atoms with E-state index in [1.807, 2.05) is 0 Å². The Kier molecular flexibility index (Phi) is 3.42. The van der Waals surface area contributed by atoms with E-state index in [1.165, 1.54) is 9.80 Å². The molecule has 0 spiro atoms. The Morgan fingerprint density at radius 2 is 1.00 bits per heavy atom. The molecule has 2 amide bonds. The summed E-state index contributed by atoms with van der Waals surface area (Å²) in [6.07, 6.45) is -1.38. The number of hydrogen-bond acceptors (Lipinski definition) is 1. The summed E-state index contributed by atoms with van der Waals surface area (Å²) < 4.78 is 51.7. The van der Waals surface area contributed by atoms with Crippen LogP contribution in [0, 0.1) is 0 Å². The Labute approximate surface area is 103 Å². The lowest BCUT2D eigenvalue weighted by Crippen LogP contribution is -2.52. The fraction of sp³-hybridized carbons (Fsp3) is 0.909. The Balaban J connectivity index is 1.86. The predicted octanol–water partition coefficient (Wildman–Crippen LogP) is 2.57. The molecule has 0 unspecified atom stereocenters. The Bertz CT molecular complexity index is 285. The molecule has 18 heavy (non-hydrogen) atoms. The summed E-state index contributed by atoms with van der Waals surface area (Å²) in [5, 5.41) is 0. The molecule has 2 saturated heterocycles. The van der Waals surface area contributed by atoms with Crippen LogP contribution in [0.5, 0.6) is 0 Å². The number of rotatable bonds is 0. The average Bonchev–Trinajstić information content (AvgIpc) is 2.28. The molecule has 0 aliphatic carbocycles. The molecule has 0 aromatic carbocycles.